The average Bonchev–Trinajstić information content (AvgIpc) is 3.13. The maximum absolute atomic E-state index is 10.1. The average molecular weight is 613 g/mol. The molecule has 1 heterocycles. The Balaban J connectivity index is 0.000000557. The lowest BCUT2D eigenvalue weighted by atomic mass is 9.89. The first-order valence-corrected chi connectivity index (χ1v) is 14.6. The number of nitro groups is 4. The van der Waals surface area contributed by atoms with E-state index < -0.39 is 27.3 Å². The second-order valence-corrected chi connectivity index (χ2v) is 11.8. The molecule has 0 unspecified atom stereocenters. The van der Waals surface area contributed by atoms with Crippen LogP contribution in [0.25, 0.3) is 0 Å². The number of allylic oxidation sites excluding steroid dienone is 4. The molecule has 0 amide bonds. The van der Waals surface area contributed by atoms with Crippen LogP contribution in [0.1, 0.15) is 106 Å². The van der Waals surface area contributed by atoms with Gasteiger partial charge in [0.1, 0.15) is 0 Å². The highest BCUT2D eigenvalue weighted by molar-refractivity contribution is 4.98. The zero-order valence-corrected chi connectivity index (χ0v) is 26.2. The lowest BCUT2D eigenvalue weighted by Crippen LogP contribution is -2.41. The molecule has 2 aliphatic carbocycles. The van der Waals surface area contributed by atoms with Crippen LogP contribution in [-0.4, -0.2) is 37.2 Å². The fraction of sp³-hybridized carbons (Fsp3) is 0.724. The maximum Gasteiger partial charge on any atom is 0.242 e. The SMILES string of the molecule is CC(C)C/C=C/[N+](=O)[O-].CC1(C)OC(/C=C/[N+](=O)[O-])OC1(C)C.O=[N+]([O-])/C=C/C1CCCCC1.O=[N+]([O-])C1=CCCCC1. The standard InChI is InChI=1S/C9H15NO4.C8H13NO2.C6H9NO2.C6H11NO2/c1-8(2)9(3,4)14-7(13-8)5-6-10(11)12;10-9(11)7-6-8-4-2-1-3-5-8;8-7(9)6-4-2-1-3-5-6;1-6(2)4-3-5-7(8)9/h5-7H,1-4H3;6-8H,1-5H2;4H,1-3,5H2;3,5-6H,4H2,1-2H3/b6-5+;7-6+;;5-3+. The van der Waals surface area contributed by atoms with Gasteiger partial charge in [0, 0.05) is 12.5 Å². The molecule has 0 radical (unpaired) electrons. The highest BCUT2D eigenvalue weighted by Gasteiger charge is 2.48. The van der Waals surface area contributed by atoms with Crippen LogP contribution >= 0.6 is 0 Å². The minimum Gasteiger partial charge on any atom is -0.340 e. The van der Waals surface area contributed by atoms with E-state index in [0.717, 1.165) is 57.1 Å². The van der Waals surface area contributed by atoms with Gasteiger partial charge in [0.15, 0.2) is 6.29 Å². The van der Waals surface area contributed by atoms with E-state index in [1.807, 2.05) is 41.5 Å². The first kappa shape index (κ1) is 39.5. The van der Waals surface area contributed by atoms with Gasteiger partial charge in [-0.25, -0.2) is 0 Å². The third-order valence-corrected chi connectivity index (χ3v) is 7.10. The maximum atomic E-state index is 10.1. The van der Waals surface area contributed by atoms with Gasteiger partial charge in [-0.1, -0.05) is 33.1 Å². The Morgan fingerprint density at radius 1 is 0.791 bits per heavy atom. The molecule has 0 aromatic heterocycles. The molecule has 0 bridgehead atoms. The molecule has 1 saturated carbocycles. The van der Waals surface area contributed by atoms with Gasteiger partial charge in [-0.15, -0.1) is 0 Å². The van der Waals surface area contributed by atoms with Crippen LogP contribution in [0.4, 0.5) is 0 Å². The molecule has 2 fully saturated rings. The van der Waals surface area contributed by atoms with Crippen LogP contribution in [0.2, 0.25) is 0 Å². The minimum absolute atomic E-state index is 0.279. The summed E-state index contributed by atoms with van der Waals surface area (Å²) in [5.41, 5.74) is -0.488. The molecular weight excluding hydrogens is 564 g/mol. The third kappa shape index (κ3) is 19.3. The zero-order valence-electron chi connectivity index (χ0n) is 26.2. The van der Waals surface area contributed by atoms with E-state index in [9.17, 15) is 40.5 Å². The Hall–Kier alpha value is -3.52. The van der Waals surface area contributed by atoms with E-state index in [1.165, 1.54) is 25.3 Å². The zero-order chi connectivity index (χ0) is 33.1. The topological polar surface area (TPSA) is 191 Å². The molecule has 43 heavy (non-hydrogen) atoms. The molecule has 14 heteroatoms. The first-order valence-electron chi connectivity index (χ1n) is 14.6. The third-order valence-electron chi connectivity index (χ3n) is 7.10. The van der Waals surface area contributed by atoms with Crippen LogP contribution in [-0.2, 0) is 9.47 Å². The van der Waals surface area contributed by atoms with Crippen molar-refractivity contribution in [2.24, 2.45) is 11.8 Å². The summed E-state index contributed by atoms with van der Waals surface area (Å²) in [5, 5.41) is 39.8. The molecule has 1 saturated heterocycles. The first-order chi connectivity index (χ1) is 20.0. The molecule has 3 rings (SSSR count). The molecule has 0 atom stereocenters. The lowest BCUT2D eigenvalue weighted by Gasteiger charge is -2.30. The molecule has 0 N–H and O–H groups in total. The van der Waals surface area contributed by atoms with Gasteiger partial charge in [0.2, 0.25) is 24.3 Å². The fourth-order valence-corrected chi connectivity index (χ4v) is 4.03. The Bertz CT molecular complexity index is 997. The molecule has 1 aliphatic heterocycles. The molecule has 0 aromatic carbocycles. The van der Waals surface area contributed by atoms with E-state index >= 15 is 0 Å². The van der Waals surface area contributed by atoms with E-state index in [-0.39, 0.29) is 9.85 Å². The van der Waals surface area contributed by atoms with Gasteiger partial charge in [0.05, 0.1) is 30.9 Å². The normalized spacial score (nSPS) is 19.9. The largest absolute Gasteiger partial charge is 0.340 e. The van der Waals surface area contributed by atoms with E-state index in [1.54, 1.807) is 18.2 Å². The number of nitrogens with zero attached hydrogens (tertiary/aromatic N) is 4. The Kier molecular flexibility index (Phi) is 18.7. The summed E-state index contributed by atoms with van der Waals surface area (Å²) in [7, 11) is 0. The minimum atomic E-state index is -0.634. The van der Waals surface area contributed by atoms with Crippen LogP contribution in [0.5, 0.6) is 0 Å². The molecule has 14 nitrogen and oxygen atoms in total. The predicted molar refractivity (Wildman–Crippen MR) is 162 cm³/mol. The quantitative estimate of drug-likeness (QED) is 0.195. The highest BCUT2D eigenvalue weighted by atomic mass is 16.7. The van der Waals surface area contributed by atoms with Gasteiger partial charge >= 0.3 is 0 Å². The molecule has 0 spiro atoms. The van der Waals surface area contributed by atoms with Crippen molar-refractivity contribution in [2.45, 2.75) is 123 Å². The number of hydrogen-bond acceptors (Lipinski definition) is 10. The van der Waals surface area contributed by atoms with Crippen molar-refractivity contribution >= 4 is 0 Å². The molecular formula is C29H48N4O10. The van der Waals surface area contributed by atoms with Crippen LogP contribution in [0.15, 0.2) is 48.6 Å². The summed E-state index contributed by atoms with van der Waals surface area (Å²) in [5.74, 6) is 0.968. The summed E-state index contributed by atoms with van der Waals surface area (Å²) < 4.78 is 11.0. The van der Waals surface area contributed by atoms with Crippen molar-refractivity contribution in [1.29, 1.82) is 0 Å². The Morgan fingerprint density at radius 2 is 1.30 bits per heavy atom. The van der Waals surface area contributed by atoms with Crippen LogP contribution < -0.4 is 0 Å². The predicted octanol–water partition coefficient (Wildman–Crippen LogP) is 7.61. The second-order valence-electron chi connectivity index (χ2n) is 11.8. The van der Waals surface area contributed by atoms with Gasteiger partial charge in [-0.3, -0.25) is 40.5 Å². The van der Waals surface area contributed by atoms with E-state index in [0.29, 0.717) is 24.0 Å². The van der Waals surface area contributed by atoms with Crippen molar-refractivity contribution in [3.63, 3.8) is 0 Å². The summed E-state index contributed by atoms with van der Waals surface area (Å²) in [4.78, 5) is 38.2. The van der Waals surface area contributed by atoms with Crippen molar-refractivity contribution in [3.05, 3.63) is 89.1 Å². The number of ether oxygens (including phenoxy) is 2. The summed E-state index contributed by atoms with van der Waals surface area (Å²) in [6.07, 6.45) is 19.0. The van der Waals surface area contributed by atoms with Gasteiger partial charge in [-0.2, -0.15) is 0 Å². The fourth-order valence-electron chi connectivity index (χ4n) is 4.03. The Labute approximate surface area is 253 Å². The van der Waals surface area contributed by atoms with Gasteiger partial charge in [0.25, 0.3) is 0 Å². The second kappa shape index (κ2) is 20.4. The van der Waals surface area contributed by atoms with Gasteiger partial charge < -0.3 is 9.47 Å². The van der Waals surface area contributed by atoms with Crippen molar-refractivity contribution in [1.82, 2.24) is 0 Å². The molecule has 244 valence electrons. The van der Waals surface area contributed by atoms with Crippen molar-refractivity contribution < 1.29 is 29.2 Å². The Morgan fingerprint density at radius 3 is 1.70 bits per heavy atom. The molecule has 3 aliphatic rings. The van der Waals surface area contributed by atoms with Gasteiger partial charge in [-0.05, 0) is 96.3 Å². The van der Waals surface area contributed by atoms with Crippen LogP contribution in [0.3, 0.4) is 0 Å². The summed E-state index contributed by atoms with van der Waals surface area (Å²) in [6.45, 7) is 11.6. The number of rotatable bonds is 8. The number of hydrogen-bond donors (Lipinski definition) is 0. The van der Waals surface area contributed by atoms with Crippen LogP contribution in [0, 0.1) is 52.3 Å². The van der Waals surface area contributed by atoms with E-state index in [4.69, 9.17) is 9.47 Å². The monoisotopic (exact) mass is 612 g/mol. The smallest absolute Gasteiger partial charge is 0.242 e. The highest BCUT2D eigenvalue weighted by Crippen LogP contribution is 2.38. The van der Waals surface area contributed by atoms with Crippen molar-refractivity contribution in [2.75, 3.05) is 0 Å². The summed E-state index contributed by atoms with van der Waals surface area (Å²) in [6, 6.07) is 0. The van der Waals surface area contributed by atoms with E-state index in [2.05, 4.69) is 0 Å². The molecule has 0 aromatic rings. The van der Waals surface area contributed by atoms with Crippen molar-refractivity contribution in [3.8, 4) is 0 Å². The summed E-state index contributed by atoms with van der Waals surface area (Å²) >= 11 is 0. The lowest BCUT2D eigenvalue weighted by molar-refractivity contribution is -0.429.